The van der Waals surface area contributed by atoms with Gasteiger partial charge in [-0.15, -0.1) is 0 Å². The number of aryl methyl sites for hydroxylation is 2. The molecule has 4 nitrogen and oxygen atoms in total. The predicted octanol–water partition coefficient (Wildman–Crippen LogP) is 20.8. The molecule has 3 heterocycles. The fourth-order valence-corrected chi connectivity index (χ4v) is 17.6. The summed E-state index contributed by atoms with van der Waals surface area (Å²) in [5.74, 6) is 2.13. The Labute approximate surface area is 517 Å². The third-order valence-electron chi connectivity index (χ3n) is 22.9. The highest BCUT2D eigenvalue weighted by atomic mass is 16.4. The molecule has 0 amide bonds. The van der Waals surface area contributed by atoms with Crippen LogP contribution in [-0.2, 0) is 27.1 Å². The van der Waals surface area contributed by atoms with Gasteiger partial charge >= 0.3 is 0 Å². The molecular formula is C82H82BN3O. The fraction of sp³-hybridized carbons (Fsp3) is 0.317. The highest BCUT2D eigenvalue weighted by Crippen LogP contribution is 2.59. The van der Waals surface area contributed by atoms with Crippen molar-refractivity contribution in [1.29, 1.82) is 0 Å². The molecule has 87 heavy (non-hydrogen) atoms. The van der Waals surface area contributed by atoms with Crippen LogP contribution >= 0.6 is 0 Å². The molecule has 10 aromatic rings. The third-order valence-corrected chi connectivity index (χ3v) is 22.9. The van der Waals surface area contributed by atoms with Crippen molar-refractivity contribution < 1.29 is 4.42 Å². The van der Waals surface area contributed by atoms with Crippen LogP contribution in [0.25, 0.3) is 33.2 Å². The molecule has 0 saturated heterocycles. The molecule has 0 N–H and O–H groups in total. The first kappa shape index (κ1) is 54.4. The molecular weight excluding hydrogens is 1050 g/mol. The van der Waals surface area contributed by atoms with Crippen LogP contribution in [0.3, 0.4) is 0 Å². The van der Waals surface area contributed by atoms with Crippen molar-refractivity contribution in [2.24, 2.45) is 5.92 Å². The molecule has 1 fully saturated rings. The Morgan fingerprint density at radius 1 is 0.460 bits per heavy atom. The molecule has 9 aromatic carbocycles. The molecule has 6 aliphatic rings. The Morgan fingerprint density at radius 3 is 1.61 bits per heavy atom. The van der Waals surface area contributed by atoms with Gasteiger partial charge in [0.1, 0.15) is 5.58 Å². The quantitative estimate of drug-likeness (QED) is 0.148. The lowest BCUT2D eigenvalue weighted by Gasteiger charge is -2.47. The van der Waals surface area contributed by atoms with E-state index in [2.05, 4.69) is 280 Å². The lowest BCUT2D eigenvalue weighted by molar-refractivity contribution is 0.332. The van der Waals surface area contributed by atoms with Gasteiger partial charge in [-0.2, -0.15) is 0 Å². The number of hydrogen-bond acceptors (Lipinski definition) is 4. The summed E-state index contributed by atoms with van der Waals surface area (Å²) in [6.07, 6.45) is 8.35. The maximum absolute atomic E-state index is 7.89. The van der Waals surface area contributed by atoms with E-state index in [9.17, 15) is 0 Å². The Balaban J connectivity index is 1.02. The van der Waals surface area contributed by atoms with Crippen molar-refractivity contribution in [2.45, 2.75) is 161 Å². The van der Waals surface area contributed by atoms with Gasteiger partial charge in [0.05, 0.1) is 5.69 Å². The van der Waals surface area contributed by atoms with Gasteiger partial charge in [-0.05, 0) is 266 Å². The topological polar surface area (TPSA) is 22.9 Å². The lowest BCUT2D eigenvalue weighted by Crippen LogP contribution is -2.61. The second kappa shape index (κ2) is 19.0. The van der Waals surface area contributed by atoms with Crippen LogP contribution in [0.4, 0.5) is 51.4 Å². The SMILES string of the molecule is Cc1cc(-c2ccccc2)cc(C)c1N1c2cc3c(cc2B2c4c(cc(-c5ccc(N(c6ccccc6)c6ccccc6)cc5)cc41)N(c1ccc4c(c1)C(C)(C)CCC4(C)C)c1oc4cc5c(cc4c12)C(C)C1CCC5(C)C1)C(C)(C)CCC3(C)C. The van der Waals surface area contributed by atoms with Crippen molar-refractivity contribution in [1.82, 2.24) is 0 Å². The third kappa shape index (κ3) is 8.22. The van der Waals surface area contributed by atoms with Crippen LogP contribution in [0.2, 0.25) is 0 Å². The van der Waals surface area contributed by atoms with E-state index in [0.717, 1.165) is 65.5 Å². The normalized spacial score (nSPS) is 21.1. The van der Waals surface area contributed by atoms with Crippen LogP contribution in [0, 0.1) is 19.8 Å². The molecule has 2 aliphatic heterocycles. The Morgan fingerprint density at radius 2 is 0.989 bits per heavy atom. The molecule has 1 saturated carbocycles. The van der Waals surface area contributed by atoms with E-state index in [-0.39, 0.29) is 33.8 Å². The summed E-state index contributed by atoms with van der Waals surface area (Å²) in [4.78, 5) is 7.70. The summed E-state index contributed by atoms with van der Waals surface area (Å²) in [6, 6.07) is 69.9. The van der Waals surface area contributed by atoms with E-state index in [1.54, 1.807) is 0 Å². The van der Waals surface area contributed by atoms with E-state index in [1.807, 2.05) is 0 Å². The van der Waals surface area contributed by atoms with E-state index < -0.39 is 0 Å². The average molecular weight is 1140 g/mol. The Kier molecular flexibility index (Phi) is 11.9. The minimum atomic E-state index is -0.122. The average Bonchev–Trinajstić information content (AvgIpc) is 1.69. The van der Waals surface area contributed by atoms with E-state index >= 15 is 0 Å². The zero-order chi connectivity index (χ0) is 59.8. The number of anilines is 9. The van der Waals surface area contributed by atoms with Crippen LogP contribution < -0.4 is 31.1 Å². The van der Waals surface area contributed by atoms with Crippen molar-refractivity contribution in [3.05, 3.63) is 226 Å². The first-order valence-corrected chi connectivity index (χ1v) is 32.6. The second-order valence-electron chi connectivity index (χ2n) is 30.2. The van der Waals surface area contributed by atoms with Gasteiger partial charge < -0.3 is 14.2 Å². The summed E-state index contributed by atoms with van der Waals surface area (Å²) in [7, 11) is 0. The van der Waals surface area contributed by atoms with Gasteiger partial charge in [-0.1, -0.05) is 160 Å². The molecule has 16 rings (SSSR count). The molecule has 0 radical (unpaired) electrons. The number of hydrogen-bond donors (Lipinski definition) is 0. The van der Waals surface area contributed by atoms with Crippen molar-refractivity contribution in [3.63, 3.8) is 0 Å². The van der Waals surface area contributed by atoms with Crippen LogP contribution in [0.15, 0.2) is 186 Å². The number of nitrogens with zero attached hydrogens (tertiary/aromatic N) is 3. The maximum atomic E-state index is 7.89. The summed E-state index contributed by atoms with van der Waals surface area (Å²) < 4.78 is 7.89. The Hall–Kier alpha value is -8.02. The molecule has 0 spiro atoms. The predicted molar refractivity (Wildman–Crippen MR) is 369 cm³/mol. The van der Waals surface area contributed by atoms with Crippen molar-refractivity contribution in [3.8, 4) is 22.3 Å². The largest absolute Gasteiger partial charge is 0.440 e. The minimum Gasteiger partial charge on any atom is -0.440 e. The molecule has 5 heteroatoms. The summed E-state index contributed by atoms with van der Waals surface area (Å²) in [5, 5.41) is 1.27. The number of furan rings is 1. The lowest BCUT2D eigenvalue weighted by atomic mass is 9.33. The van der Waals surface area contributed by atoms with Gasteiger partial charge in [0.2, 0.25) is 5.88 Å². The zero-order valence-corrected chi connectivity index (χ0v) is 53.3. The van der Waals surface area contributed by atoms with Gasteiger partial charge in [0.15, 0.2) is 0 Å². The summed E-state index contributed by atoms with van der Waals surface area (Å²) >= 11 is 0. The van der Waals surface area contributed by atoms with Gasteiger partial charge in [0.25, 0.3) is 6.71 Å². The first-order chi connectivity index (χ1) is 41.7. The number of benzene rings is 9. The van der Waals surface area contributed by atoms with E-state index in [0.29, 0.717) is 11.8 Å². The molecule has 2 bridgehead atoms. The summed E-state index contributed by atoms with van der Waals surface area (Å²) in [5.41, 5.74) is 30.8. The van der Waals surface area contributed by atoms with Crippen molar-refractivity contribution >= 4 is 85.5 Å². The fourth-order valence-electron chi connectivity index (χ4n) is 17.6. The molecule has 3 unspecified atom stereocenters. The van der Waals surface area contributed by atoms with E-state index in [1.165, 1.54) is 125 Å². The zero-order valence-electron chi connectivity index (χ0n) is 53.3. The highest BCUT2D eigenvalue weighted by molar-refractivity contribution is 7.01. The number of rotatable bonds is 7. The van der Waals surface area contributed by atoms with Gasteiger partial charge in [-0.3, -0.25) is 4.90 Å². The highest BCUT2D eigenvalue weighted by Gasteiger charge is 2.51. The molecule has 434 valence electrons. The second-order valence-corrected chi connectivity index (χ2v) is 30.2. The number of para-hydroxylation sites is 2. The van der Waals surface area contributed by atoms with Crippen LogP contribution in [0.5, 0.6) is 0 Å². The smallest absolute Gasteiger partial charge is 0.257 e. The van der Waals surface area contributed by atoms with Gasteiger partial charge in [-0.25, -0.2) is 0 Å². The summed E-state index contributed by atoms with van der Waals surface area (Å²) in [6.45, 7) is 29.5. The molecule has 3 atom stereocenters. The molecule has 4 aliphatic carbocycles. The van der Waals surface area contributed by atoms with Crippen molar-refractivity contribution in [2.75, 3.05) is 14.7 Å². The van der Waals surface area contributed by atoms with Gasteiger partial charge in [0, 0.05) is 50.7 Å². The minimum absolute atomic E-state index is 0.00732. The Bertz CT molecular complexity index is 4390. The monoisotopic (exact) mass is 1140 g/mol. The molecule has 1 aromatic heterocycles. The van der Waals surface area contributed by atoms with Crippen LogP contribution in [-0.4, -0.2) is 6.71 Å². The van der Waals surface area contributed by atoms with E-state index in [4.69, 9.17) is 4.42 Å². The number of fused-ring (bicyclic) bond motifs is 12. The maximum Gasteiger partial charge on any atom is 0.257 e. The first-order valence-electron chi connectivity index (χ1n) is 32.6. The van der Waals surface area contributed by atoms with Crippen LogP contribution in [0.1, 0.15) is 165 Å². The standard InChI is InChI=1S/C82H82BN3O/c1-50-40-56(53-22-16-13-17-23-53)41-51(2)76(50)86-70-47-68-67(80(8,9)38-39-81(68,10)11)46-69(70)83-74-63-45-62-52(3)55-34-35-82(12,49-55)65(62)48-73(63)87-77(74)85(61-32-33-64-66(44-61)79(6,7)37-36-78(64,4)5)71-42-57(43-72(86)75(71)83)54-28-30-60(31-29-54)84(58-24-18-14-19-25-58)59-26-20-15-21-27-59/h13-33,40-48,52,55H,34-39,49H2,1-12H3.